The van der Waals surface area contributed by atoms with Crippen molar-refractivity contribution in [2.24, 2.45) is 0 Å². The highest BCUT2D eigenvalue weighted by molar-refractivity contribution is 6.36. The Morgan fingerprint density at radius 3 is 2.39 bits per heavy atom. The molecule has 0 saturated carbocycles. The normalized spacial score (nSPS) is 10.8. The molecule has 0 radical (unpaired) electrons. The number of carbonyl (C=O) groups is 1. The summed E-state index contributed by atoms with van der Waals surface area (Å²) in [6.45, 7) is -0.211. The van der Waals surface area contributed by atoms with Crippen molar-refractivity contribution >= 4 is 57.4 Å². The summed E-state index contributed by atoms with van der Waals surface area (Å²) in [4.78, 5) is 25.0. The van der Waals surface area contributed by atoms with E-state index in [4.69, 9.17) is 44.0 Å². The maximum absolute atomic E-state index is 12.9. The third-order valence-electron chi connectivity index (χ3n) is 4.47. The first-order chi connectivity index (χ1) is 14.9. The molecule has 1 amide bonds. The number of halogens is 3. The maximum atomic E-state index is 12.9. The fourth-order valence-corrected chi connectivity index (χ4v) is 3.61. The number of anilines is 1. The van der Waals surface area contributed by atoms with Crippen LogP contribution in [0.5, 0.6) is 5.75 Å². The van der Waals surface area contributed by atoms with Crippen LogP contribution in [0.4, 0.5) is 5.69 Å². The first-order valence-electron chi connectivity index (χ1n) is 9.10. The van der Waals surface area contributed by atoms with E-state index in [1.807, 2.05) is 0 Å². The first kappa shape index (κ1) is 21.2. The Morgan fingerprint density at radius 2 is 1.65 bits per heavy atom. The number of ether oxygens (including phenoxy) is 1. The molecule has 3 aromatic carbocycles. The predicted molar refractivity (Wildman–Crippen MR) is 124 cm³/mol. The summed E-state index contributed by atoms with van der Waals surface area (Å²) in [6, 6.07) is 16.4. The summed E-state index contributed by atoms with van der Waals surface area (Å²) in [5, 5.41) is 4.47. The summed E-state index contributed by atoms with van der Waals surface area (Å²) < 4.78 is 11.2. The molecule has 8 heteroatoms. The number of nitrogens with one attached hydrogen (secondary N) is 1. The average molecular weight is 475 g/mol. The van der Waals surface area contributed by atoms with Gasteiger partial charge in [0.25, 0.3) is 5.91 Å². The summed E-state index contributed by atoms with van der Waals surface area (Å²) in [7, 11) is 0. The molecule has 0 aliphatic rings. The van der Waals surface area contributed by atoms with Crippen LogP contribution in [-0.2, 0) is 4.79 Å². The van der Waals surface area contributed by atoms with Crippen LogP contribution in [0, 0.1) is 0 Å². The van der Waals surface area contributed by atoms with Crippen LogP contribution >= 0.6 is 34.8 Å². The van der Waals surface area contributed by atoms with E-state index in [0.717, 1.165) is 0 Å². The molecule has 0 aliphatic carbocycles. The third kappa shape index (κ3) is 4.85. The maximum Gasteiger partial charge on any atom is 0.262 e. The highest BCUT2D eigenvalue weighted by Gasteiger charge is 2.13. The van der Waals surface area contributed by atoms with Crippen molar-refractivity contribution in [3.05, 3.63) is 92.2 Å². The molecule has 0 unspecified atom stereocenters. The van der Waals surface area contributed by atoms with Crippen molar-refractivity contribution in [3.8, 4) is 16.9 Å². The first-order valence-corrected chi connectivity index (χ1v) is 10.2. The van der Waals surface area contributed by atoms with E-state index in [9.17, 15) is 9.59 Å². The van der Waals surface area contributed by atoms with Gasteiger partial charge in [0.05, 0.1) is 16.0 Å². The molecule has 0 aliphatic heterocycles. The van der Waals surface area contributed by atoms with E-state index >= 15 is 0 Å². The van der Waals surface area contributed by atoms with Gasteiger partial charge in [-0.1, -0.05) is 40.9 Å². The molecular weight excluding hydrogens is 461 g/mol. The highest BCUT2D eigenvalue weighted by atomic mass is 35.5. The number of amides is 1. The minimum absolute atomic E-state index is 0.211. The van der Waals surface area contributed by atoms with Crippen LogP contribution in [0.25, 0.3) is 22.1 Å². The molecule has 0 fully saturated rings. The number of rotatable bonds is 5. The number of hydrogen-bond acceptors (Lipinski definition) is 4. The molecule has 1 heterocycles. The lowest BCUT2D eigenvalue weighted by Crippen LogP contribution is -2.20. The number of fused-ring (bicyclic) bond motifs is 1. The van der Waals surface area contributed by atoms with Gasteiger partial charge in [0.15, 0.2) is 6.61 Å². The average Bonchev–Trinajstić information content (AvgIpc) is 2.75. The summed E-state index contributed by atoms with van der Waals surface area (Å²) in [6.07, 6.45) is 1.34. The Morgan fingerprint density at radius 1 is 0.903 bits per heavy atom. The van der Waals surface area contributed by atoms with Crippen molar-refractivity contribution in [3.63, 3.8) is 0 Å². The van der Waals surface area contributed by atoms with Crippen LogP contribution in [0.2, 0.25) is 15.1 Å². The van der Waals surface area contributed by atoms with Crippen LogP contribution in [0.15, 0.2) is 76.1 Å². The van der Waals surface area contributed by atoms with Gasteiger partial charge in [-0.3, -0.25) is 9.59 Å². The minimum Gasteiger partial charge on any atom is -0.484 e. The molecule has 0 atom stereocenters. The molecule has 0 spiro atoms. The molecular formula is C23H14Cl3NO4. The standard InChI is InChI=1S/C23H14Cl3NO4/c24-13-1-4-15(5-2-13)27-22(28)12-30-16-6-8-18-21(10-16)31-11-19(23(18)29)17-7-3-14(25)9-20(17)26/h1-11H,12H2,(H,27,28). The van der Waals surface area contributed by atoms with E-state index in [1.165, 1.54) is 6.26 Å². The Bertz CT molecular complexity index is 1330. The SMILES string of the molecule is O=C(COc1ccc2c(=O)c(-c3ccc(Cl)cc3Cl)coc2c1)Nc1ccc(Cl)cc1. The third-order valence-corrected chi connectivity index (χ3v) is 5.27. The zero-order valence-electron chi connectivity index (χ0n) is 15.8. The second-order valence-corrected chi connectivity index (χ2v) is 7.88. The monoisotopic (exact) mass is 473 g/mol. The molecule has 156 valence electrons. The lowest BCUT2D eigenvalue weighted by molar-refractivity contribution is -0.118. The van der Waals surface area contributed by atoms with Gasteiger partial charge < -0.3 is 14.5 Å². The zero-order chi connectivity index (χ0) is 22.0. The molecule has 0 bridgehead atoms. The van der Waals surface area contributed by atoms with Gasteiger partial charge in [-0.15, -0.1) is 0 Å². The summed E-state index contributed by atoms with van der Waals surface area (Å²) in [5.41, 5.74) is 1.55. The predicted octanol–water partition coefficient (Wildman–Crippen LogP) is 6.44. The van der Waals surface area contributed by atoms with E-state index in [0.29, 0.717) is 48.6 Å². The van der Waals surface area contributed by atoms with Gasteiger partial charge in [-0.05, 0) is 48.5 Å². The van der Waals surface area contributed by atoms with Gasteiger partial charge in [0, 0.05) is 27.4 Å². The highest BCUT2D eigenvalue weighted by Crippen LogP contribution is 2.30. The van der Waals surface area contributed by atoms with E-state index < -0.39 is 0 Å². The molecule has 4 aromatic rings. The van der Waals surface area contributed by atoms with Gasteiger partial charge in [0.1, 0.15) is 17.6 Å². The molecule has 4 rings (SSSR count). The number of benzene rings is 3. The number of hydrogen-bond donors (Lipinski definition) is 1. The summed E-state index contributed by atoms with van der Waals surface area (Å²) >= 11 is 18.0. The minimum atomic E-state index is -0.336. The van der Waals surface area contributed by atoms with Crippen molar-refractivity contribution in [2.75, 3.05) is 11.9 Å². The quantitative estimate of drug-likeness (QED) is 0.361. The van der Waals surface area contributed by atoms with Gasteiger partial charge in [-0.2, -0.15) is 0 Å². The van der Waals surface area contributed by atoms with Gasteiger partial charge in [0.2, 0.25) is 5.43 Å². The molecule has 5 nitrogen and oxygen atoms in total. The van der Waals surface area contributed by atoms with E-state index in [1.54, 1.807) is 60.7 Å². The topological polar surface area (TPSA) is 68.5 Å². The van der Waals surface area contributed by atoms with Crippen molar-refractivity contribution in [1.82, 2.24) is 0 Å². The molecule has 1 aromatic heterocycles. The van der Waals surface area contributed by atoms with Crippen LogP contribution in [0.3, 0.4) is 0 Å². The fourth-order valence-electron chi connectivity index (χ4n) is 2.97. The van der Waals surface area contributed by atoms with E-state index in [2.05, 4.69) is 5.32 Å². The zero-order valence-corrected chi connectivity index (χ0v) is 18.1. The molecule has 0 saturated heterocycles. The Hall–Kier alpha value is -2.99. The lowest BCUT2D eigenvalue weighted by atomic mass is 10.1. The molecule has 31 heavy (non-hydrogen) atoms. The van der Waals surface area contributed by atoms with Crippen molar-refractivity contribution in [2.45, 2.75) is 0 Å². The molecule has 1 N–H and O–H groups in total. The second kappa shape index (κ2) is 9.02. The Kier molecular flexibility index (Phi) is 6.18. The lowest BCUT2D eigenvalue weighted by Gasteiger charge is -2.09. The van der Waals surface area contributed by atoms with Gasteiger partial charge in [-0.25, -0.2) is 0 Å². The number of carbonyl (C=O) groups excluding carboxylic acids is 1. The van der Waals surface area contributed by atoms with Crippen molar-refractivity contribution < 1.29 is 13.9 Å². The second-order valence-electron chi connectivity index (χ2n) is 6.60. The van der Waals surface area contributed by atoms with Gasteiger partial charge >= 0.3 is 0 Å². The summed E-state index contributed by atoms with van der Waals surface area (Å²) in [5.74, 6) is 0.0516. The Labute approximate surface area is 192 Å². The van der Waals surface area contributed by atoms with Crippen molar-refractivity contribution in [1.29, 1.82) is 0 Å². The van der Waals surface area contributed by atoms with Crippen LogP contribution in [-0.4, -0.2) is 12.5 Å². The smallest absolute Gasteiger partial charge is 0.262 e. The van der Waals surface area contributed by atoms with Crippen LogP contribution in [0.1, 0.15) is 0 Å². The fraction of sp³-hybridized carbons (Fsp3) is 0.0435. The van der Waals surface area contributed by atoms with E-state index in [-0.39, 0.29) is 17.9 Å². The Balaban J connectivity index is 1.51. The largest absolute Gasteiger partial charge is 0.484 e. The van der Waals surface area contributed by atoms with Crippen LogP contribution < -0.4 is 15.5 Å².